The van der Waals surface area contributed by atoms with Gasteiger partial charge in [0.2, 0.25) is 0 Å². The van der Waals surface area contributed by atoms with Crippen LogP contribution in [0.5, 0.6) is 0 Å². The molecule has 4 nitrogen and oxygen atoms in total. The van der Waals surface area contributed by atoms with Crippen LogP contribution in [0.1, 0.15) is 16.7 Å². The number of ether oxygens (including phenoxy) is 2. The first-order chi connectivity index (χ1) is 11.2. The van der Waals surface area contributed by atoms with E-state index >= 15 is 0 Å². The van der Waals surface area contributed by atoms with Gasteiger partial charge in [0, 0.05) is 13.5 Å². The summed E-state index contributed by atoms with van der Waals surface area (Å²) >= 11 is 0. The largest absolute Gasteiger partial charge is 0.445 e. The summed E-state index contributed by atoms with van der Waals surface area (Å²) in [6.45, 7) is 1.42. The zero-order valence-electron chi connectivity index (χ0n) is 13.3. The van der Waals surface area contributed by atoms with Crippen LogP contribution in [-0.2, 0) is 29.1 Å². The van der Waals surface area contributed by atoms with Crippen molar-refractivity contribution in [3.8, 4) is 0 Å². The fourth-order valence-electron chi connectivity index (χ4n) is 2.74. The Balaban J connectivity index is 1.49. The van der Waals surface area contributed by atoms with Crippen LogP contribution in [0.15, 0.2) is 54.6 Å². The molecule has 0 N–H and O–H groups in total. The maximum Gasteiger partial charge on any atom is 0.409 e. The summed E-state index contributed by atoms with van der Waals surface area (Å²) in [6.07, 6.45) is 0.516. The molecule has 2 aromatic rings. The van der Waals surface area contributed by atoms with E-state index in [1.807, 2.05) is 42.5 Å². The molecule has 1 aliphatic rings. The van der Waals surface area contributed by atoms with Crippen LogP contribution in [0.25, 0.3) is 0 Å². The van der Waals surface area contributed by atoms with Gasteiger partial charge in [-0.05, 0) is 16.7 Å². The van der Waals surface area contributed by atoms with Crippen molar-refractivity contribution in [2.24, 2.45) is 0 Å². The van der Waals surface area contributed by atoms with Gasteiger partial charge in [-0.1, -0.05) is 54.6 Å². The molecule has 1 unspecified atom stereocenters. The molecule has 0 fully saturated rings. The number of fused-ring (bicyclic) bond motifs is 1. The number of hydrogen-bond acceptors (Lipinski definition) is 3. The molecule has 23 heavy (non-hydrogen) atoms. The summed E-state index contributed by atoms with van der Waals surface area (Å²) in [7, 11) is 1.75. The summed E-state index contributed by atoms with van der Waals surface area (Å²) in [5.74, 6) is 0. The summed E-state index contributed by atoms with van der Waals surface area (Å²) in [6, 6.07) is 18.0. The number of nitrogens with zero attached hydrogens (tertiary/aromatic N) is 1. The molecule has 0 aliphatic carbocycles. The average molecular weight is 311 g/mol. The Hall–Kier alpha value is -2.33. The van der Waals surface area contributed by atoms with Crippen LogP contribution in [0.3, 0.4) is 0 Å². The molecule has 120 valence electrons. The minimum Gasteiger partial charge on any atom is -0.445 e. The van der Waals surface area contributed by atoms with Crippen molar-refractivity contribution in [3.63, 3.8) is 0 Å². The van der Waals surface area contributed by atoms with Gasteiger partial charge in [-0.15, -0.1) is 0 Å². The molecular weight excluding hydrogens is 290 g/mol. The van der Waals surface area contributed by atoms with Crippen molar-refractivity contribution in [1.82, 2.24) is 4.90 Å². The molecule has 0 bridgehead atoms. The van der Waals surface area contributed by atoms with Crippen molar-refractivity contribution in [2.45, 2.75) is 25.7 Å². The first kappa shape index (κ1) is 15.6. The molecule has 0 radical (unpaired) electrons. The van der Waals surface area contributed by atoms with Gasteiger partial charge >= 0.3 is 6.09 Å². The van der Waals surface area contributed by atoms with E-state index in [0.29, 0.717) is 19.8 Å². The number of rotatable bonds is 4. The lowest BCUT2D eigenvalue weighted by molar-refractivity contribution is 0.00692. The quantitative estimate of drug-likeness (QED) is 0.868. The second kappa shape index (κ2) is 7.29. The van der Waals surface area contributed by atoms with E-state index in [-0.39, 0.29) is 12.2 Å². The Morgan fingerprint density at radius 1 is 1.13 bits per heavy atom. The zero-order valence-corrected chi connectivity index (χ0v) is 13.3. The Bertz CT molecular complexity index is 657. The number of hydrogen-bond donors (Lipinski definition) is 0. The second-order valence-electron chi connectivity index (χ2n) is 5.83. The minimum absolute atomic E-state index is 0.0131. The molecule has 1 heterocycles. The molecule has 1 atom stereocenters. The highest BCUT2D eigenvalue weighted by Gasteiger charge is 2.22. The summed E-state index contributed by atoms with van der Waals surface area (Å²) in [5, 5.41) is 0. The van der Waals surface area contributed by atoms with E-state index < -0.39 is 0 Å². The standard InChI is InChI=1S/C19H21NO3/c1-20(19(21)23-13-15-7-3-2-4-8-15)12-18-11-16-9-5-6-10-17(16)14-22-18/h2-10,18H,11-14H2,1H3. The van der Waals surface area contributed by atoms with Crippen molar-refractivity contribution < 1.29 is 14.3 Å². The number of likely N-dealkylation sites (N-methyl/N-ethyl adjacent to an activating group) is 1. The maximum absolute atomic E-state index is 12.1. The van der Waals surface area contributed by atoms with Crippen molar-refractivity contribution in [3.05, 3.63) is 71.3 Å². The molecular formula is C19H21NO3. The van der Waals surface area contributed by atoms with Crippen LogP contribution in [0.2, 0.25) is 0 Å². The highest BCUT2D eigenvalue weighted by Crippen LogP contribution is 2.20. The van der Waals surface area contributed by atoms with Gasteiger partial charge in [-0.2, -0.15) is 0 Å². The van der Waals surface area contributed by atoms with Gasteiger partial charge in [0.15, 0.2) is 0 Å². The number of carbonyl (C=O) groups excluding carboxylic acids is 1. The van der Waals surface area contributed by atoms with Crippen LogP contribution in [0.4, 0.5) is 4.79 Å². The number of carbonyl (C=O) groups is 1. The van der Waals surface area contributed by atoms with E-state index in [2.05, 4.69) is 12.1 Å². The Kier molecular flexibility index (Phi) is 4.93. The van der Waals surface area contributed by atoms with Crippen LogP contribution in [0, 0.1) is 0 Å². The monoisotopic (exact) mass is 311 g/mol. The smallest absolute Gasteiger partial charge is 0.409 e. The Morgan fingerprint density at radius 3 is 2.61 bits per heavy atom. The Labute approximate surface area is 136 Å². The zero-order chi connectivity index (χ0) is 16.1. The third kappa shape index (κ3) is 4.11. The maximum atomic E-state index is 12.1. The fraction of sp³-hybridized carbons (Fsp3) is 0.316. The topological polar surface area (TPSA) is 38.8 Å². The molecule has 0 aromatic heterocycles. The molecule has 4 heteroatoms. The van der Waals surface area contributed by atoms with Gasteiger partial charge < -0.3 is 14.4 Å². The normalized spacial score (nSPS) is 16.5. The lowest BCUT2D eigenvalue weighted by atomic mass is 9.99. The number of amides is 1. The van der Waals surface area contributed by atoms with E-state index in [1.54, 1.807) is 11.9 Å². The van der Waals surface area contributed by atoms with Crippen LogP contribution < -0.4 is 0 Å². The molecule has 0 saturated carbocycles. The van der Waals surface area contributed by atoms with Gasteiger partial charge in [0.1, 0.15) is 6.61 Å². The molecule has 0 spiro atoms. The van der Waals surface area contributed by atoms with Gasteiger partial charge in [0.05, 0.1) is 19.3 Å². The molecule has 1 amide bonds. The van der Waals surface area contributed by atoms with E-state index in [9.17, 15) is 4.79 Å². The third-order valence-electron chi connectivity index (χ3n) is 4.03. The second-order valence-corrected chi connectivity index (χ2v) is 5.83. The van der Waals surface area contributed by atoms with Crippen LogP contribution >= 0.6 is 0 Å². The molecule has 2 aromatic carbocycles. The number of benzene rings is 2. The first-order valence-corrected chi connectivity index (χ1v) is 7.82. The average Bonchev–Trinajstić information content (AvgIpc) is 2.60. The summed E-state index contributed by atoms with van der Waals surface area (Å²) in [5.41, 5.74) is 3.52. The Morgan fingerprint density at radius 2 is 1.83 bits per heavy atom. The molecule has 1 aliphatic heterocycles. The SMILES string of the molecule is CN(CC1Cc2ccccc2CO1)C(=O)OCc1ccccc1. The predicted molar refractivity (Wildman–Crippen MR) is 88.0 cm³/mol. The van der Waals surface area contributed by atoms with E-state index in [1.165, 1.54) is 11.1 Å². The lowest BCUT2D eigenvalue weighted by Crippen LogP contribution is -2.38. The highest BCUT2D eigenvalue weighted by molar-refractivity contribution is 5.67. The van der Waals surface area contributed by atoms with Crippen LogP contribution in [-0.4, -0.2) is 30.7 Å². The van der Waals surface area contributed by atoms with E-state index in [0.717, 1.165) is 12.0 Å². The minimum atomic E-state index is -0.323. The summed E-state index contributed by atoms with van der Waals surface area (Å²) in [4.78, 5) is 13.7. The summed E-state index contributed by atoms with van der Waals surface area (Å²) < 4.78 is 11.2. The highest BCUT2D eigenvalue weighted by atomic mass is 16.6. The molecule has 3 rings (SSSR count). The van der Waals surface area contributed by atoms with Crippen molar-refractivity contribution >= 4 is 6.09 Å². The molecule has 0 saturated heterocycles. The van der Waals surface area contributed by atoms with E-state index in [4.69, 9.17) is 9.47 Å². The third-order valence-corrected chi connectivity index (χ3v) is 4.03. The van der Waals surface area contributed by atoms with Gasteiger partial charge in [-0.25, -0.2) is 4.79 Å². The fourth-order valence-corrected chi connectivity index (χ4v) is 2.74. The first-order valence-electron chi connectivity index (χ1n) is 7.82. The van der Waals surface area contributed by atoms with Gasteiger partial charge in [0.25, 0.3) is 0 Å². The van der Waals surface area contributed by atoms with Crippen molar-refractivity contribution in [1.29, 1.82) is 0 Å². The van der Waals surface area contributed by atoms with Gasteiger partial charge in [-0.3, -0.25) is 0 Å². The lowest BCUT2D eigenvalue weighted by Gasteiger charge is -2.28. The predicted octanol–water partition coefficient (Wildman–Crippen LogP) is 3.40. The van der Waals surface area contributed by atoms with Crippen molar-refractivity contribution in [2.75, 3.05) is 13.6 Å².